The normalized spacial score (nSPS) is 11.2. The van der Waals surface area contributed by atoms with Gasteiger partial charge in [-0.25, -0.2) is 4.79 Å². The van der Waals surface area contributed by atoms with E-state index in [0.29, 0.717) is 16.7 Å². The van der Waals surface area contributed by atoms with E-state index in [1.807, 2.05) is 0 Å². The van der Waals surface area contributed by atoms with Crippen LogP contribution in [-0.2, 0) is 0 Å². The number of carbonyl (C=O) groups excluding carboxylic acids is 1. The molecule has 88 valence electrons. The second-order valence-corrected chi connectivity index (χ2v) is 3.85. The zero-order chi connectivity index (χ0) is 12.2. The second-order valence-electron chi connectivity index (χ2n) is 2.80. The molecular formula is C9H8F3NO2S. The minimum absolute atomic E-state index is 0.125. The minimum atomic E-state index is -4.23. The van der Waals surface area contributed by atoms with E-state index >= 15 is 0 Å². The highest BCUT2D eigenvalue weighted by Gasteiger charge is 2.27. The van der Waals surface area contributed by atoms with Crippen molar-refractivity contribution < 1.29 is 22.7 Å². The van der Waals surface area contributed by atoms with E-state index in [2.05, 4.69) is 4.74 Å². The Labute approximate surface area is 93.8 Å². The SMILES string of the molecule is NC(=O)Oc1cccc(SCC(F)(F)F)c1. The smallest absolute Gasteiger partial charge is 0.409 e. The Bertz CT molecular complexity index is 381. The van der Waals surface area contributed by atoms with Gasteiger partial charge in [0.2, 0.25) is 0 Å². The molecule has 0 fully saturated rings. The van der Waals surface area contributed by atoms with Gasteiger partial charge in [0.1, 0.15) is 5.75 Å². The number of nitrogens with two attached hydrogens (primary N) is 1. The molecule has 0 aliphatic rings. The summed E-state index contributed by atoms with van der Waals surface area (Å²) in [7, 11) is 0. The van der Waals surface area contributed by atoms with Gasteiger partial charge in [-0.15, -0.1) is 11.8 Å². The zero-order valence-corrected chi connectivity index (χ0v) is 8.77. The van der Waals surface area contributed by atoms with Crippen LogP contribution >= 0.6 is 11.8 Å². The molecular weight excluding hydrogens is 243 g/mol. The molecule has 0 spiro atoms. The molecule has 1 aromatic rings. The van der Waals surface area contributed by atoms with Gasteiger partial charge in [0, 0.05) is 4.90 Å². The van der Waals surface area contributed by atoms with Crippen molar-refractivity contribution in [2.24, 2.45) is 5.73 Å². The predicted octanol–water partition coefficient (Wildman–Crippen LogP) is 2.80. The fourth-order valence-electron chi connectivity index (χ4n) is 0.909. The van der Waals surface area contributed by atoms with Gasteiger partial charge in [-0.1, -0.05) is 6.07 Å². The van der Waals surface area contributed by atoms with Crippen LogP contribution in [0.3, 0.4) is 0 Å². The number of amides is 1. The van der Waals surface area contributed by atoms with E-state index < -0.39 is 18.0 Å². The lowest BCUT2D eigenvalue weighted by atomic mass is 10.3. The summed E-state index contributed by atoms with van der Waals surface area (Å²) < 4.78 is 40.3. The van der Waals surface area contributed by atoms with E-state index in [0.717, 1.165) is 0 Å². The Balaban J connectivity index is 2.64. The summed E-state index contributed by atoms with van der Waals surface area (Å²) >= 11 is 0.611. The highest BCUT2D eigenvalue weighted by molar-refractivity contribution is 7.99. The Morgan fingerprint density at radius 3 is 2.69 bits per heavy atom. The van der Waals surface area contributed by atoms with Crippen molar-refractivity contribution >= 4 is 17.9 Å². The van der Waals surface area contributed by atoms with E-state index in [4.69, 9.17) is 5.73 Å². The summed E-state index contributed by atoms with van der Waals surface area (Å²) in [6.07, 6.45) is -5.23. The van der Waals surface area contributed by atoms with Crippen molar-refractivity contribution in [2.45, 2.75) is 11.1 Å². The number of hydrogen-bond acceptors (Lipinski definition) is 3. The summed E-state index contributed by atoms with van der Waals surface area (Å²) in [6, 6.07) is 5.73. The molecule has 1 rings (SSSR count). The highest BCUT2D eigenvalue weighted by atomic mass is 32.2. The summed E-state index contributed by atoms with van der Waals surface area (Å²) in [5, 5.41) is 0. The number of thioether (sulfide) groups is 1. The number of hydrogen-bond donors (Lipinski definition) is 1. The average Bonchev–Trinajstić information content (AvgIpc) is 2.13. The topological polar surface area (TPSA) is 52.3 Å². The molecule has 3 nitrogen and oxygen atoms in total. The van der Waals surface area contributed by atoms with Gasteiger partial charge < -0.3 is 10.5 Å². The first-order chi connectivity index (χ1) is 7.37. The molecule has 0 unspecified atom stereocenters. The quantitative estimate of drug-likeness (QED) is 0.840. The number of benzene rings is 1. The standard InChI is InChI=1S/C9H8F3NO2S/c10-9(11,12)5-16-7-3-1-2-6(4-7)15-8(13)14/h1-4H,5H2,(H2,13,14). The van der Waals surface area contributed by atoms with Gasteiger partial charge in [-0.05, 0) is 18.2 Å². The van der Waals surface area contributed by atoms with Crippen LogP contribution in [0.1, 0.15) is 0 Å². The van der Waals surface area contributed by atoms with E-state index in [1.54, 1.807) is 0 Å². The Hall–Kier alpha value is -1.37. The highest BCUT2D eigenvalue weighted by Crippen LogP contribution is 2.29. The lowest BCUT2D eigenvalue weighted by molar-refractivity contribution is -0.105. The molecule has 0 radical (unpaired) electrons. The number of primary amides is 1. The first kappa shape index (κ1) is 12.7. The van der Waals surface area contributed by atoms with E-state index in [1.165, 1.54) is 24.3 Å². The van der Waals surface area contributed by atoms with Crippen LogP contribution in [0.2, 0.25) is 0 Å². The molecule has 16 heavy (non-hydrogen) atoms. The molecule has 0 heterocycles. The van der Waals surface area contributed by atoms with Crippen LogP contribution < -0.4 is 10.5 Å². The fraction of sp³-hybridized carbons (Fsp3) is 0.222. The summed E-state index contributed by atoms with van der Waals surface area (Å²) in [5.41, 5.74) is 4.77. The number of halogens is 3. The molecule has 0 saturated heterocycles. The van der Waals surface area contributed by atoms with Gasteiger partial charge in [0.25, 0.3) is 0 Å². The molecule has 0 aliphatic carbocycles. The fourth-order valence-corrected chi connectivity index (χ4v) is 1.61. The number of carbonyl (C=O) groups is 1. The maximum Gasteiger partial charge on any atom is 0.409 e. The largest absolute Gasteiger partial charge is 0.410 e. The van der Waals surface area contributed by atoms with Gasteiger partial charge in [0.05, 0.1) is 5.75 Å². The first-order valence-corrected chi connectivity index (χ1v) is 5.12. The van der Waals surface area contributed by atoms with Crippen LogP contribution in [0.4, 0.5) is 18.0 Å². The van der Waals surface area contributed by atoms with Crippen molar-refractivity contribution in [2.75, 3.05) is 5.75 Å². The molecule has 0 saturated carbocycles. The average molecular weight is 251 g/mol. The van der Waals surface area contributed by atoms with Gasteiger partial charge in [-0.2, -0.15) is 13.2 Å². The summed E-state index contributed by atoms with van der Waals surface area (Å²) in [5.74, 6) is -0.868. The molecule has 7 heteroatoms. The van der Waals surface area contributed by atoms with Crippen LogP contribution in [0.25, 0.3) is 0 Å². The summed E-state index contributed by atoms with van der Waals surface area (Å²) in [6.45, 7) is 0. The van der Waals surface area contributed by atoms with Crippen molar-refractivity contribution in [3.63, 3.8) is 0 Å². The number of ether oxygens (including phenoxy) is 1. The van der Waals surface area contributed by atoms with E-state index in [-0.39, 0.29) is 5.75 Å². The third-order valence-electron chi connectivity index (χ3n) is 1.43. The van der Waals surface area contributed by atoms with Crippen molar-refractivity contribution in [3.05, 3.63) is 24.3 Å². The Morgan fingerprint density at radius 2 is 2.12 bits per heavy atom. The third-order valence-corrected chi connectivity index (χ3v) is 2.49. The number of rotatable bonds is 3. The second kappa shape index (κ2) is 5.11. The zero-order valence-electron chi connectivity index (χ0n) is 7.95. The van der Waals surface area contributed by atoms with Gasteiger partial charge in [-0.3, -0.25) is 0 Å². The van der Waals surface area contributed by atoms with Crippen molar-refractivity contribution in [1.29, 1.82) is 0 Å². The lowest BCUT2D eigenvalue weighted by Gasteiger charge is -2.07. The third kappa shape index (κ3) is 4.92. The maximum atomic E-state index is 11.9. The van der Waals surface area contributed by atoms with Crippen LogP contribution in [0.15, 0.2) is 29.2 Å². The van der Waals surface area contributed by atoms with Crippen LogP contribution in [-0.4, -0.2) is 18.0 Å². The maximum absolute atomic E-state index is 11.9. The van der Waals surface area contributed by atoms with E-state index in [9.17, 15) is 18.0 Å². The molecule has 1 amide bonds. The molecule has 0 aliphatic heterocycles. The van der Waals surface area contributed by atoms with Crippen LogP contribution in [0, 0.1) is 0 Å². The van der Waals surface area contributed by atoms with Gasteiger partial charge in [0.15, 0.2) is 0 Å². The summed E-state index contributed by atoms with van der Waals surface area (Å²) in [4.78, 5) is 10.8. The van der Waals surface area contributed by atoms with Crippen molar-refractivity contribution in [3.8, 4) is 5.75 Å². The molecule has 0 aromatic heterocycles. The molecule has 1 aromatic carbocycles. The number of alkyl halides is 3. The molecule has 2 N–H and O–H groups in total. The van der Waals surface area contributed by atoms with Crippen molar-refractivity contribution in [1.82, 2.24) is 0 Å². The Kier molecular flexibility index (Phi) is 4.05. The van der Waals surface area contributed by atoms with Gasteiger partial charge >= 0.3 is 12.3 Å². The molecule has 0 atom stereocenters. The van der Waals surface area contributed by atoms with Crippen LogP contribution in [0.5, 0.6) is 5.75 Å². The lowest BCUT2D eigenvalue weighted by Crippen LogP contribution is -2.16. The monoisotopic (exact) mass is 251 g/mol. The Morgan fingerprint density at radius 1 is 1.44 bits per heavy atom. The molecule has 0 bridgehead atoms. The first-order valence-electron chi connectivity index (χ1n) is 4.14. The minimum Gasteiger partial charge on any atom is -0.410 e. The predicted molar refractivity (Wildman–Crippen MR) is 53.4 cm³/mol.